The maximum atomic E-state index is 11.7. The fraction of sp³-hybridized carbons (Fsp3) is 0.125. The number of fused-ring (bicyclic) bond motifs is 1. The Morgan fingerprint density at radius 1 is 1.17 bits per heavy atom. The molecule has 0 aliphatic rings. The van der Waals surface area contributed by atoms with Crippen LogP contribution in [-0.2, 0) is 24.9 Å². The van der Waals surface area contributed by atoms with Gasteiger partial charge in [0, 0.05) is 42.5 Å². The molecule has 3 aromatic rings. The minimum atomic E-state index is -2.27. The third kappa shape index (κ3) is 3.21. The summed E-state index contributed by atoms with van der Waals surface area (Å²) < 4.78 is 24.9. The molecular formula is C16H14N3O3S-. The molecule has 2 aromatic heterocycles. The second-order valence-corrected chi connectivity index (χ2v) is 5.84. The number of aryl methyl sites for hydroxylation is 1. The van der Waals surface area contributed by atoms with Gasteiger partial charge in [-0.1, -0.05) is 24.3 Å². The quantitative estimate of drug-likeness (QED) is 0.735. The van der Waals surface area contributed by atoms with Gasteiger partial charge in [-0.05, 0) is 28.8 Å². The first kappa shape index (κ1) is 15.5. The molecule has 23 heavy (non-hydrogen) atoms. The van der Waals surface area contributed by atoms with E-state index in [0.29, 0.717) is 5.65 Å². The van der Waals surface area contributed by atoms with E-state index in [1.165, 1.54) is 10.6 Å². The van der Waals surface area contributed by atoms with Gasteiger partial charge in [-0.15, -0.1) is 0 Å². The minimum Gasteiger partial charge on any atom is -0.760 e. The summed E-state index contributed by atoms with van der Waals surface area (Å²) in [5.41, 5.74) is 3.33. The molecule has 1 unspecified atom stereocenters. The molecule has 2 heterocycles. The van der Waals surface area contributed by atoms with Gasteiger partial charge in [-0.3, -0.25) is 13.6 Å². The monoisotopic (exact) mass is 328 g/mol. The van der Waals surface area contributed by atoms with Crippen LogP contribution in [0, 0.1) is 0 Å². The van der Waals surface area contributed by atoms with Crippen LogP contribution in [0.25, 0.3) is 22.2 Å². The summed E-state index contributed by atoms with van der Waals surface area (Å²) in [6, 6.07) is 12.8. The van der Waals surface area contributed by atoms with Crippen LogP contribution in [0.1, 0.15) is 5.56 Å². The van der Waals surface area contributed by atoms with Gasteiger partial charge in [0.05, 0.1) is 0 Å². The normalized spacial score (nSPS) is 12.4. The molecule has 1 atom stereocenters. The first-order valence-corrected chi connectivity index (χ1v) is 8.00. The molecule has 1 aromatic carbocycles. The maximum Gasteiger partial charge on any atom is 0.251 e. The summed E-state index contributed by atoms with van der Waals surface area (Å²) in [4.78, 5) is 16.0. The summed E-state index contributed by atoms with van der Waals surface area (Å²) in [5.74, 6) is 0. The Kier molecular flexibility index (Phi) is 4.33. The van der Waals surface area contributed by atoms with Crippen LogP contribution in [0.2, 0.25) is 0 Å². The molecule has 7 heteroatoms. The highest BCUT2D eigenvalue weighted by molar-refractivity contribution is 7.77. The maximum absolute atomic E-state index is 11.7. The zero-order chi connectivity index (χ0) is 16.4. The average Bonchev–Trinajstić information content (AvgIpc) is 2.56. The van der Waals surface area contributed by atoms with Crippen molar-refractivity contribution in [2.75, 3.05) is 0 Å². The van der Waals surface area contributed by atoms with E-state index in [1.54, 1.807) is 19.3 Å². The van der Waals surface area contributed by atoms with Crippen LogP contribution in [-0.4, -0.2) is 18.3 Å². The number of nitrogens with zero attached hydrogens (tertiary/aromatic N) is 2. The standard InChI is InChI=1S/C16H15N3O3S/c1-19-15(20)7-6-14-13(8-9-17-16(14)19)12-4-2-11(3-5-12)10-18-23(21)22/h2-9,18H,10H2,1H3,(H,21,22)/p-1. The number of aromatic nitrogens is 2. The summed E-state index contributed by atoms with van der Waals surface area (Å²) >= 11 is -2.27. The summed E-state index contributed by atoms with van der Waals surface area (Å²) in [6.07, 6.45) is 1.67. The number of benzene rings is 1. The van der Waals surface area contributed by atoms with Crippen molar-refractivity contribution >= 4 is 22.3 Å². The molecule has 0 bridgehead atoms. The van der Waals surface area contributed by atoms with Crippen molar-refractivity contribution in [3.8, 4) is 11.1 Å². The molecular weight excluding hydrogens is 314 g/mol. The first-order valence-electron chi connectivity index (χ1n) is 6.93. The second-order valence-electron chi connectivity index (χ2n) is 5.08. The predicted octanol–water partition coefficient (Wildman–Crippen LogP) is 1.48. The molecule has 0 radical (unpaired) electrons. The lowest BCUT2D eigenvalue weighted by atomic mass is 10.0. The molecule has 0 amide bonds. The molecule has 6 nitrogen and oxygen atoms in total. The summed E-state index contributed by atoms with van der Waals surface area (Å²) in [5, 5.41) is 0.890. The van der Waals surface area contributed by atoms with Crippen molar-refractivity contribution in [1.82, 2.24) is 14.3 Å². The number of hydrogen-bond acceptors (Lipinski definition) is 4. The molecule has 1 N–H and O–H groups in total. The van der Waals surface area contributed by atoms with Crippen molar-refractivity contribution in [2.45, 2.75) is 6.54 Å². The van der Waals surface area contributed by atoms with E-state index in [9.17, 15) is 13.6 Å². The second kappa shape index (κ2) is 6.41. The molecule has 0 spiro atoms. The Balaban J connectivity index is 2.02. The Morgan fingerprint density at radius 2 is 1.91 bits per heavy atom. The lowest BCUT2D eigenvalue weighted by Crippen LogP contribution is -2.16. The topological polar surface area (TPSA) is 87.0 Å². The smallest absolute Gasteiger partial charge is 0.251 e. The van der Waals surface area contributed by atoms with Crippen LogP contribution < -0.4 is 10.3 Å². The van der Waals surface area contributed by atoms with Gasteiger partial charge >= 0.3 is 0 Å². The van der Waals surface area contributed by atoms with E-state index in [4.69, 9.17) is 0 Å². The molecule has 0 saturated heterocycles. The van der Waals surface area contributed by atoms with Gasteiger partial charge in [0.1, 0.15) is 5.65 Å². The summed E-state index contributed by atoms with van der Waals surface area (Å²) in [7, 11) is 1.69. The van der Waals surface area contributed by atoms with E-state index < -0.39 is 11.3 Å². The molecule has 3 rings (SSSR count). The van der Waals surface area contributed by atoms with Crippen molar-refractivity contribution in [1.29, 1.82) is 0 Å². The van der Waals surface area contributed by atoms with Crippen LogP contribution in [0.15, 0.2) is 53.5 Å². The van der Waals surface area contributed by atoms with Gasteiger partial charge in [-0.2, -0.15) is 0 Å². The van der Waals surface area contributed by atoms with Crippen molar-refractivity contribution in [3.05, 3.63) is 64.6 Å². The van der Waals surface area contributed by atoms with Crippen LogP contribution >= 0.6 is 0 Å². The van der Waals surface area contributed by atoms with E-state index >= 15 is 0 Å². The van der Waals surface area contributed by atoms with Crippen LogP contribution in [0.4, 0.5) is 0 Å². The highest BCUT2D eigenvalue weighted by atomic mass is 32.2. The van der Waals surface area contributed by atoms with Gasteiger partial charge in [0.25, 0.3) is 5.56 Å². The van der Waals surface area contributed by atoms with Crippen molar-refractivity contribution in [2.24, 2.45) is 7.05 Å². The Bertz CT molecular complexity index is 935. The van der Waals surface area contributed by atoms with Gasteiger partial charge in [0.2, 0.25) is 0 Å². The number of pyridine rings is 2. The largest absolute Gasteiger partial charge is 0.760 e. The highest BCUT2D eigenvalue weighted by Gasteiger charge is 2.07. The lowest BCUT2D eigenvalue weighted by molar-refractivity contribution is 0.522. The average molecular weight is 328 g/mol. The van der Waals surface area contributed by atoms with Gasteiger partial charge in [0.15, 0.2) is 0 Å². The summed E-state index contributed by atoms with van der Waals surface area (Å²) in [6.45, 7) is 0.252. The van der Waals surface area contributed by atoms with Gasteiger partial charge in [-0.25, -0.2) is 9.71 Å². The number of rotatable bonds is 4. The third-order valence-electron chi connectivity index (χ3n) is 3.67. The molecule has 118 valence electrons. The predicted molar refractivity (Wildman–Crippen MR) is 88.2 cm³/mol. The minimum absolute atomic E-state index is 0.103. The van der Waals surface area contributed by atoms with Gasteiger partial charge < -0.3 is 4.55 Å². The Morgan fingerprint density at radius 3 is 2.61 bits per heavy atom. The zero-order valence-electron chi connectivity index (χ0n) is 12.4. The first-order chi connectivity index (χ1) is 11.1. The van der Waals surface area contributed by atoms with Crippen LogP contribution in [0.3, 0.4) is 0 Å². The number of nitrogens with one attached hydrogen (secondary N) is 1. The van der Waals surface area contributed by atoms with E-state index in [0.717, 1.165) is 22.1 Å². The zero-order valence-corrected chi connectivity index (χ0v) is 13.2. The Labute approximate surface area is 135 Å². The molecule has 0 aliphatic carbocycles. The fourth-order valence-electron chi connectivity index (χ4n) is 2.46. The lowest BCUT2D eigenvalue weighted by Gasteiger charge is -2.10. The van der Waals surface area contributed by atoms with Crippen molar-refractivity contribution < 1.29 is 8.76 Å². The molecule has 0 fully saturated rings. The Hall–Kier alpha value is -2.35. The fourth-order valence-corrected chi connectivity index (χ4v) is 2.75. The number of hydrogen-bond donors (Lipinski definition) is 1. The third-order valence-corrected chi connectivity index (χ3v) is 4.05. The van der Waals surface area contributed by atoms with E-state index in [2.05, 4.69) is 9.71 Å². The molecule has 0 aliphatic heterocycles. The molecule has 0 saturated carbocycles. The van der Waals surface area contributed by atoms with Crippen LogP contribution in [0.5, 0.6) is 0 Å². The highest BCUT2D eigenvalue weighted by Crippen LogP contribution is 2.26. The van der Waals surface area contributed by atoms with E-state index in [-0.39, 0.29) is 12.1 Å². The van der Waals surface area contributed by atoms with E-state index in [1.807, 2.05) is 30.3 Å². The SMILES string of the molecule is Cn1c(=O)ccc2c(-c3ccc(CNS(=O)[O-])cc3)ccnc21. The van der Waals surface area contributed by atoms with Crippen molar-refractivity contribution in [3.63, 3.8) is 0 Å².